The molecule has 0 saturated carbocycles. The molecule has 1 aromatic rings. The van der Waals surface area contributed by atoms with Crippen molar-refractivity contribution in [2.24, 2.45) is 0 Å². The summed E-state index contributed by atoms with van der Waals surface area (Å²) in [6, 6.07) is 4.77. The Labute approximate surface area is 117 Å². The maximum absolute atomic E-state index is 11.9. The predicted molar refractivity (Wildman–Crippen MR) is 73.4 cm³/mol. The van der Waals surface area contributed by atoms with E-state index in [0.29, 0.717) is 29.4 Å². The molecule has 0 spiro atoms. The molecule has 0 aliphatic carbocycles. The number of nitrogens with zero attached hydrogens (tertiary/aromatic N) is 1. The number of nitrogens with two attached hydrogens (primary N) is 1. The van der Waals surface area contributed by atoms with Crippen molar-refractivity contribution in [2.75, 3.05) is 45.2 Å². The fourth-order valence-corrected chi connectivity index (χ4v) is 2.06. The summed E-state index contributed by atoms with van der Waals surface area (Å²) in [4.78, 5) is 14.0. The van der Waals surface area contributed by atoms with Crippen LogP contribution in [-0.4, -0.2) is 50.3 Å². The van der Waals surface area contributed by atoms with Crippen LogP contribution >= 0.6 is 11.6 Å². The number of carbonyl (C=O) groups excluding carboxylic acids is 1. The SMILES string of the molecule is Nc1ccc(Cl)c(C(=O)OCCN2CCOCC2)c1. The van der Waals surface area contributed by atoms with Crippen molar-refractivity contribution < 1.29 is 14.3 Å². The number of hydrogen-bond acceptors (Lipinski definition) is 5. The van der Waals surface area contributed by atoms with Crippen molar-refractivity contribution in [3.05, 3.63) is 28.8 Å². The smallest absolute Gasteiger partial charge is 0.339 e. The Bertz CT molecular complexity index is 448. The first-order valence-electron chi connectivity index (χ1n) is 6.19. The average Bonchev–Trinajstić information content (AvgIpc) is 2.42. The number of nitrogen functional groups attached to an aromatic ring is 1. The molecular weight excluding hydrogens is 268 g/mol. The van der Waals surface area contributed by atoms with Crippen molar-refractivity contribution in [3.63, 3.8) is 0 Å². The maximum atomic E-state index is 11.9. The van der Waals surface area contributed by atoms with Crippen molar-refractivity contribution in [1.29, 1.82) is 0 Å². The zero-order valence-electron chi connectivity index (χ0n) is 10.6. The quantitative estimate of drug-likeness (QED) is 0.669. The van der Waals surface area contributed by atoms with Crippen LogP contribution in [0.3, 0.4) is 0 Å². The van der Waals surface area contributed by atoms with E-state index in [1.165, 1.54) is 6.07 Å². The highest BCUT2D eigenvalue weighted by molar-refractivity contribution is 6.33. The summed E-state index contributed by atoms with van der Waals surface area (Å²) in [6.45, 7) is 4.25. The Morgan fingerprint density at radius 3 is 2.89 bits per heavy atom. The number of ether oxygens (including phenoxy) is 2. The zero-order chi connectivity index (χ0) is 13.7. The Morgan fingerprint density at radius 1 is 1.42 bits per heavy atom. The van der Waals surface area contributed by atoms with Crippen molar-refractivity contribution in [3.8, 4) is 0 Å². The molecule has 0 atom stereocenters. The van der Waals surface area contributed by atoms with Gasteiger partial charge in [0.25, 0.3) is 0 Å². The number of rotatable bonds is 4. The van der Waals surface area contributed by atoms with E-state index >= 15 is 0 Å². The van der Waals surface area contributed by atoms with Crippen LogP contribution in [0.2, 0.25) is 5.02 Å². The van der Waals surface area contributed by atoms with Gasteiger partial charge in [-0.25, -0.2) is 4.79 Å². The molecule has 1 aliphatic rings. The van der Waals surface area contributed by atoms with E-state index in [9.17, 15) is 4.79 Å². The Morgan fingerprint density at radius 2 is 2.16 bits per heavy atom. The van der Waals surface area contributed by atoms with Gasteiger partial charge in [-0.2, -0.15) is 0 Å². The molecule has 0 aromatic heterocycles. The van der Waals surface area contributed by atoms with Crippen LogP contribution < -0.4 is 5.73 Å². The third-order valence-corrected chi connectivity index (χ3v) is 3.28. The van der Waals surface area contributed by atoms with E-state index in [1.54, 1.807) is 12.1 Å². The minimum atomic E-state index is -0.439. The standard InChI is InChI=1S/C13H17ClN2O3/c14-12-2-1-10(15)9-11(12)13(17)19-8-5-16-3-6-18-7-4-16/h1-2,9H,3-8,15H2. The third kappa shape index (κ3) is 4.09. The van der Waals surface area contributed by atoms with Crippen LogP contribution in [0.15, 0.2) is 18.2 Å². The van der Waals surface area contributed by atoms with Crippen LogP contribution in [-0.2, 0) is 9.47 Å². The van der Waals surface area contributed by atoms with Crippen LogP contribution in [0.4, 0.5) is 5.69 Å². The minimum absolute atomic E-state index is 0.309. The molecule has 0 unspecified atom stereocenters. The van der Waals surface area contributed by atoms with Crippen LogP contribution in [0.5, 0.6) is 0 Å². The molecule has 2 N–H and O–H groups in total. The monoisotopic (exact) mass is 284 g/mol. The summed E-state index contributed by atoms with van der Waals surface area (Å²) >= 11 is 5.94. The highest BCUT2D eigenvalue weighted by Gasteiger charge is 2.14. The van der Waals surface area contributed by atoms with E-state index in [1.807, 2.05) is 0 Å². The van der Waals surface area contributed by atoms with E-state index < -0.39 is 5.97 Å². The number of hydrogen-bond donors (Lipinski definition) is 1. The largest absolute Gasteiger partial charge is 0.461 e. The number of benzene rings is 1. The molecule has 2 rings (SSSR count). The molecule has 1 heterocycles. The van der Waals surface area contributed by atoms with Gasteiger partial charge in [-0.1, -0.05) is 11.6 Å². The van der Waals surface area contributed by atoms with Gasteiger partial charge < -0.3 is 15.2 Å². The number of morpholine rings is 1. The second kappa shape index (κ2) is 6.75. The summed E-state index contributed by atoms with van der Waals surface area (Å²) in [5.41, 5.74) is 6.42. The second-order valence-electron chi connectivity index (χ2n) is 4.33. The van der Waals surface area contributed by atoms with E-state index in [-0.39, 0.29) is 0 Å². The molecule has 1 aliphatic heterocycles. The van der Waals surface area contributed by atoms with Gasteiger partial charge in [0.05, 0.1) is 23.8 Å². The van der Waals surface area contributed by atoms with Crippen molar-refractivity contribution in [1.82, 2.24) is 4.90 Å². The van der Waals surface area contributed by atoms with Gasteiger partial charge in [0.2, 0.25) is 0 Å². The first-order valence-corrected chi connectivity index (χ1v) is 6.57. The molecule has 6 heteroatoms. The number of halogens is 1. The predicted octanol–water partition coefficient (Wildman–Crippen LogP) is 1.41. The van der Waals surface area contributed by atoms with E-state index in [0.717, 1.165) is 26.3 Å². The molecule has 19 heavy (non-hydrogen) atoms. The lowest BCUT2D eigenvalue weighted by molar-refractivity contribution is 0.0195. The first-order chi connectivity index (χ1) is 9.16. The topological polar surface area (TPSA) is 64.8 Å². The first kappa shape index (κ1) is 14.1. The second-order valence-corrected chi connectivity index (χ2v) is 4.74. The molecule has 0 amide bonds. The minimum Gasteiger partial charge on any atom is -0.461 e. The number of carbonyl (C=O) groups is 1. The number of esters is 1. The van der Waals surface area contributed by atoms with Gasteiger partial charge in [0, 0.05) is 25.3 Å². The van der Waals surface area contributed by atoms with Gasteiger partial charge in [-0.3, -0.25) is 4.90 Å². The summed E-state index contributed by atoms with van der Waals surface area (Å²) in [5, 5.41) is 0.352. The zero-order valence-corrected chi connectivity index (χ0v) is 11.4. The summed E-state index contributed by atoms with van der Waals surface area (Å²) in [7, 11) is 0. The normalized spacial score (nSPS) is 16.3. The molecule has 1 saturated heterocycles. The highest BCUT2D eigenvalue weighted by atomic mass is 35.5. The molecule has 0 radical (unpaired) electrons. The van der Waals surface area contributed by atoms with Gasteiger partial charge in [0.1, 0.15) is 6.61 Å². The van der Waals surface area contributed by atoms with Gasteiger partial charge in [-0.05, 0) is 18.2 Å². The lowest BCUT2D eigenvalue weighted by Crippen LogP contribution is -2.38. The lowest BCUT2D eigenvalue weighted by atomic mass is 10.2. The Hall–Kier alpha value is -1.30. The third-order valence-electron chi connectivity index (χ3n) is 2.95. The molecule has 5 nitrogen and oxygen atoms in total. The average molecular weight is 285 g/mol. The number of anilines is 1. The lowest BCUT2D eigenvalue weighted by Gasteiger charge is -2.26. The maximum Gasteiger partial charge on any atom is 0.339 e. The van der Waals surface area contributed by atoms with E-state index in [2.05, 4.69) is 4.90 Å². The van der Waals surface area contributed by atoms with Crippen molar-refractivity contribution >= 4 is 23.3 Å². The molecule has 104 valence electrons. The fourth-order valence-electron chi connectivity index (χ4n) is 1.87. The highest BCUT2D eigenvalue weighted by Crippen LogP contribution is 2.19. The Kier molecular flexibility index (Phi) is 5.01. The molecule has 1 aromatic carbocycles. The summed E-state index contributed by atoms with van der Waals surface area (Å²) < 4.78 is 10.4. The van der Waals surface area contributed by atoms with Gasteiger partial charge in [0.15, 0.2) is 0 Å². The summed E-state index contributed by atoms with van der Waals surface area (Å²) in [6.07, 6.45) is 0. The van der Waals surface area contributed by atoms with Crippen LogP contribution in [0.25, 0.3) is 0 Å². The van der Waals surface area contributed by atoms with Crippen molar-refractivity contribution in [2.45, 2.75) is 0 Å². The van der Waals surface area contributed by atoms with E-state index in [4.69, 9.17) is 26.8 Å². The fraction of sp³-hybridized carbons (Fsp3) is 0.462. The Balaban J connectivity index is 1.82. The molecule has 1 fully saturated rings. The summed E-state index contributed by atoms with van der Waals surface area (Å²) in [5.74, 6) is -0.439. The molecular formula is C13H17ClN2O3. The van der Waals surface area contributed by atoms with Gasteiger partial charge >= 0.3 is 5.97 Å². The molecule has 0 bridgehead atoms. The van der Waals surface area contributed by atoms with Crippen LogP contribution in [0.1, 0.15) is 10.4 Å². The van der Waals surface area contributed by atoms with Gasteiger partial charge in [-0.15, -0.1) is 0 Å². The van der Waals surface area contributed by atoms with Crippen LogP contribution in [0, 0.1) is 0 Å².